The van der Waals surface area contributed by atoms with Crippen molar-refractivity contribution < 1.29 is 37.6 Å². The number of nitrogens with two attached hydrogens (primary N) is 1. The molecule has 416 valence electrons. The van der Waals surface area contributed by atoms with Crippen LogP contribution in [0.2, 0.25) is 0 Å². The molecule has 0 spiro atoms. The van der Waals surface area contributed by atoms with Crippen LogP contribution in [0.3, 0.4) is 0 Å². The van der Waals surface area contributed by atoms with Gasteiger partial charge >= 0.3 is 19.8 Å². The number of unbranched alkanes of at least 4 members (excludes halogenated alkanes) is 36. The average Bonchev–Trinajstić information content (AvgIpc) is 3.36. The van der Waals surface area contributed by atoms with E-state index in [0.29, 0.717) is 6.42 Å². The Labute approximate surface area is 438 Å². The highest BCUT2D eigenvalue weighted by Crippen LogP contribution is 2.43. The van der Waals surface area contributed by atoms with Gasteiger partial charge in [0.05, 0.1) is 13.2 Å². The normalized spacial score (nSPS) is 13.4. The Morgan fingerprint density at radius 2 is 0.732 bits per heavy atom. The van der Waals surface area contributed by atoms with E-state index in [0.717, 1.165) is 70.6 Å². The van der Waals surface area contributed by atoms with Gasteiger partial charge in [0.25, 0.3) is 0 Å². The van der Waals surface area contributed by atoms with Crippen LogP contribution in [0.1, 0.15) is 296 Å². The molecule has 9 nitrogen and oxygen atoms in total. The van der Waals surface area contributed by atoms with E-state index in [2.05, 4.69) is 62.5 Å². The van der Waals surface area contributed by atoms with Crippen LogP contribution < -0.4 is 5.73 Å². The first-order valence-electron chi connectivity index (χ1n) is 30.1. The number of hydrogen-bond acceptors (Lipinski definition) is 8. The summed E-state index contributed by atoms with van der Waals surface area (Å²) in [7, 11) is -4.39. The lowest BCUT2D eigenvalue weighted by molar-refractivity contribution is -0.161. The van der Waals surface area contributed by atoms with Gasteiger partial charge in [0.1, 0.15) is 6.61 Å². The predicted octanol–water partition coefficient (Wildman–Crippen LogP) is 19.0. The Balaban J connectivity index is 3.89. The molecule has 0 aliphatic heterocycles. The minimum atomic E-state index is -4.39. The first-order valence-corrected chi connectivity index (χ1v) is 31.6. The first kappa shape index (κ1) is 69.0. The van der Waals surface area contributed by atoms with Crippen LogP contribution in [0.5, 0.6) is 0 Å². The van der Waals surface area contributed by atoms with Crippen molar-refractivity contribution in [2.75, 3.05) is 26.4 Å². The van der Waals surface area contributed by atoms with Gasteiger partial charge in [0, 0.05) is 19.4 Å². The third-order valence-electron chi connectivity index (χ3n) is 13.2. The molecule has 2 unspecified atom stereocenters. The maximum Gasteiger partial charge on any atom is 0.472 e. The Morgan fingerprint density at radius 3 is 1.13 bits per heavy atom. The summed E-state index contributed by atoms with van der Waals surface area (Å²) in [6.07, 6.45) is 70.4. The molecule has 0 heterocycles. The highest BCUT2D eigenvalue weighted by Gasteiger charge is 2.26. The van der Waals surface area contributed by atoms with E-state index in [1.807, 2.05) is 0 Å². The predicted molar refractivity (Wildman–Crippen MR) is 303 cm³/mol. The third-order valence-corrected chi connectivity index (χ3v) is 14.2. The maximum atomic E-state index is 12.7. The second kappa shape index (κ2) is 57.3. The van der Waals surface area contributed by atoms with E-state index in [1.165, 1.54) is 193 Å². The van der Waals surface area contributed by atoms with E-state index in [4.69, 9.17) is 24.3 Å². The zero-order valence-corrected chi connectivity index (χ0v) is 47.4. The molecule has 0 radical (unpaired) electrons. The molecule has 0 aliphatic carbocycles. The molecule has 0 aromatic carbocycles. The highest BCUT2D eigenvalue weighted by molar-refractivity contribution is 7.47. The van der Waals surface area contributed by atoms with Gasteiger partial charge in [-0.3, -0.25) is 18.6 Å². The van der Waals surface area contributed by atoms with Gasteiger partial charge in [0.2, 0.25) is 0 Å². The number of allylic oxidation sites excluding steroid dienone is 8. The van der Waals surface area contributed by atoms with Crippen LogP contribution in [0, 0.1) is 0 Å². The minimum Gasteiger partial charge on any atom is -0.462 e. The number of rotatable bonds is 57. The van der Waals surface area contributed by atoms with Crippen molar-refractivity contribution in [3.8, 4) is 0 Å². The Kier molecular flexibility index (Phi) is 55.6. The molecular weight excluding hydrogens is 906 g/mol. The number of hydrogen-bond donors (Lipinski definition) is 2. The molecule has 0 aromatic heterocycles. The van der Waals surface area contributed by atoms with Crippen molar-refractivity contribution in [3.63, 3.8) is 0 Å². The fourth-order valence-electron chi connectivity index (χ4n) is 8.70. The number of carbonyl (C=O) groups is 2. The Morgan fingerprint density at radius 1 is 0.423 bits per heavy atom. The van der Waals surface area contributed by atoms with Gasteiger partial charge in [0.15, 0.2) is 6.10 Å². The van der Waals surface area contributed by atoms with E-state index < -0.39 is 26.5 Å². The summed E-state index contributed by atoms with van der Waals surface area (Å²) in [5, 5.41) is 0. The molecule has 0 aromatic rings. The average molecular weight is 1020 g/mol. The molecule has 0 amide bonds. The van der Waals surface area contributed by atoms with Gasteiger partial charge < -0.3 is 20.1 Å². The molecule has 0 bridgehead atoms. The van der Waals surface area contributed by atoms with Crippen LogP contribution in [0.25, 0.3) is 0 Å². The van der Waals surface area contributed by atoms with Crippen molar-refractivity contribution in [1.29, 1.82) is 0 Å². The zero-order chi connectivity index (χ0) is 51.7. The second-order valence-electron chi connectivity index (χ2n) is 20.2. The quantitative estimate of drug-likeness (QED) is 0.0264. The highest BCUT2D eigenvalue weighted by atomic mass is 31.2. The van der Waals surface area contributed by atoms with E-state index in [1.54, 1.807) is 0 Å². The summed E-state index contributed by atoms with van der Waals surface area (Å²) in [6.45, 7) is 3.74. The van der Waals surface area contributed by atoms with Crippen LogP contribution in [-0.2, 0) is 32.7 Å². The molecule has 3 N–H and O–H groups in total. The van der Waals surface area contributed by atoms with Crippen LogP contribution in [0.4, 0.5) is 0 Å². The first-order chi connectivity index (χ1) is 34.8. The number of phosphoric ester groups is 1. The van der Waals surface area contributed by atoms with E-state index in [9.17, 15) is 19.0 Å². The van der Waals surface area contributed by atoms with Crippen LogP contribution in [0.15, 0.2) is 48.6 Å². The Hall–Kier alpha value is -2.03. The smallest absolute Gasteiger partial charge is 0.462 e. The topological polar surface area (TPSA) is 134 Å². The number of esters is 2. The van der Waals surface area contributed by atoms with Crippen LogP contribution in [-0.4, -0.2) is 49.3 Å². The molecule has 10 heteroatoms. The Bertz CT molecular complexity index is 1300. The summed E-state index contributed by atoms with van der Waals surface area (Å²) in [6, 6.07) is 0. The lowest BCUT2D eigenvalue weighted by atomic mass is 10.0. The summed E-state index contributed by atoms with van der Waals surface area (Å²) in [5.41, 5.74) is 5.38. The molecule has 0 rings (SSSR count). The molecule has 0 saturated heterocycles. The molecule has 71 heavy (non-hydrogen) atoms. The van der Waals surface area contributed by atoms with Crippen molar-refractivity contribution in [2.45, 2.75) is 302 Å². The summed E-state index contributed by atoms with van der Waals surface area (Å²) in [5.74, 6) is -0.831. The van der Waals surface area contributed by atoms with Crippen molar-refractivity contribution in [1.82, 2.24) is 0 Å². The molecule has 0 fully saturated rings. The van der Waals surface area contributed by atoms with Gasteiger partial charge in [-0.1, -0.05) is 255 Å². The largest absolute Gasteiger partial charge is 0.472 e. The minimum absolute atomic E-state index is 0.0509. The van der Waals surface area contributed by atoms with E-state index in [-0.39, 0.29) is 38.6 Å². The van der Waals surface area contributed by atoms with E-state index >= 15 is 0 Å². The summed E-state index contributed by atoms with van der Waals surface area (Å²) in [4.78, 5) is 35.2. The lowest BCUT2D eigenvalue weighted by Crippen LogP contribution is -2.29. The fraction of sp³-hybridized carbons (Fsp3) is 0.836. The lowest BCUT2D eigenvalue weighted by Gasteiger charge is -2.19. The van der Waals surface area contributed by atoms with Gasteiger partial charge in [-0.05, 0) is 77.0 Å². The van der Waals surface area contributed by atoms with Crippen molar-refractivity contribution >= 4 is 19.8 Å². The molecule has 0 aliphatic rings. The molecular formula is C61H114NO8P. The number of phosphoric acid groups is 1. The second-order valence-corrected chi connectivity index (χ2v) is 21.7. The van der Waals surface area contributed by atoms with Crippen LogP contribution >= 0.6 is 7.82 Å². The summed E-state index contributed by atoms with van der Waals surface area (Å²) >= 11 is 0. The van der Waals surface area contributed by atoms with Crippen molar-refractivity contribution in [2.24, 2.45) is 5.73 Å². The monoisotopic (exact) mass is 1020 g/mol. The zero-order valence-electron chi connectivity index (χ0n) is 46.5. The fourth-order valence-corrected chi connectivity index (χ4v) is 9.46. The third kappa shape index (κ3) is 57.1. The van der Waals surface area contributed by atoms with Crippen molar-refractivity contribution in [3.05, 3.63) is 48.6 Å². The standard InChI is InChI=1S/C61H114NO8P/c1-3-5-7-9-11-13-15-17-19-21-23-24-25-26-27-28-29-30-31-32-33-34-36-37-39-41-43-45-47-49-51-53-60(63)67-57-59(58-69-71(65,66)68-56-55-62)70-61(64)54-52-50-48-46-44-42-40-38-35-22-20-18-16-14-12-10-8-6-4-2/h12,14,18,20-21,23,35,38,59H,3-11,13,15-17,19,22,24-34,36-37,39-58,62H2,1-2H3,(H,65,66)/b14-12-,20-18-,23-21-,38-35-. The number of ether oxygens (including phenoxy) is 2. The van der Waals surface area contributed by atoms with Gasteiger partial charge in [-0.2, -0.15) is 0 Å². The molecule has 2 atom stereocenters. The van der Waals surface area contributed by atoms with Gasteiger partial charge in [-0.15, -0.1) is 0 Å². The van der Waals surface area contributed by atoms with Gasteiger partial charge in [-0.25, -0.2) is 4.57 Å². The number of carbonyl (C=O) groups excluding carboxylic acids is 2. The maximum absolute atomic E-state index is 12.7. The molecule has 0 saturated carbocycles. The summed E-state index contributed by atoms with van der Waals surface area (Å²) < 4.78 is 33.0. The SMILES string of the molecule is CCCCC/C=C\C/C=C\C/C=C\CCCCCCCCC(=O)OC(COC(=O)CCCCCCCCCCCCCCCCCCCCC/C=C\CCCCCCCCCC)COP(=O)(O)OCCN.